The lowest BCUT2D eigenvalue weighted by atomic mass is 9.68. The first kappa shape index (κ1) is 18.9. The molecule has 0 radical (unpaired) electrons. The minimum atomic E-state index is 0.0602. The predicted molar refractivity (Wildman–Crippen MR) is 89.7 cm³/mol. The molecule has 3 nitrogen and oxygen atoms in total. The number of hydrogen-bond acceptors (Lipinski definition) is 3. The molecule has 1 N–H and O–H groups in total. The zero-order chi connectivity index (χ0) is 15.8. The van der Waals surface area contributed by atoms with Gasteiger partial charge in [-0.25, -0.2) is 0 Å². The standard InChI is InChI=1S/C18H37NO2/c1-6-12-19-15-18(21-14-7-13-20-5)10-8-16(9-11-18)17(2,3)4/h16,19H,6-15H2,1-5H3. The van der Waals surface area contributed by atoms with Gasteiger partial charge in [0.15, 0.2) is 0 Å². The maximum atomic E-state index is 6.34. The SMILES string of the molecule is CCCNCC1(OCCCOC)CCC(C(C)(C)C)CC1. The zero-order valence-corrected chi connectivity index (χ0v) is 15.0. The summed E-state index contributed by atoms with van der Waals surface area (Å²) >= 11 is 0. The van der Waals surface area contributed by atoms with Crippen molar-refractivity contribution >= 4 is 0 Å². The summed E-state index contributed by atoms with van der Waals surface area (Å²) in [5.41, 5.74) is 0.490. The van der Waals surface area contributed by atoms with E-state index in [0.717, 1.165) is 38.6 Å². The van der Waals surface area contributed by atoms with Gasteiger partial charge in [0.2, 0.25) is 0 Å². The highest BCUT2D eigenvalue weighted by Crippen LogP contribution is 2.42. The lowest BCUT2D eigenvalue weighted by Gasteiger charge is -2.44. The zero-order valence-electron chi connectivity index (χ0n) is 15.0. The monoisotopic (exact) mass is 299 g/mol. The van der Waals surface area contributed by atoms with Gasteiger partial charge < -0.3 is 14.8 Å². The van der Waals surface area contributed by atoms with E-state index in [4.69, 9.17) is 9.47 Å². The molecule has 1 saturated carbocycles. The molecule has 126 valence electrons. The molecule has 1 aliphatic carbocycles. The molecule has 21 heavy (non-hydrogen) atoms. The molecule has 0 spiro atoms. The summed E-state index contributed by atoms with van der Waals surface area (Å²) in [7, 11) is 1.76. The number of ether oxygens (including phenoxy) is 2. The van der Waals surface area contributed by atoms with Crippen LogP contribution in [0.1, 0.15) is 66.2 Å². The molecule has 0 aliphatic heterocycles. The van der Waals surface area contributed by atoms with Crippen LogP contribution < -0.4 is 5.32 Å². The minimum Gasteiger partial charge on any atom is -0.385 e. The summed E-state index contributed by atoms with van der Waals surface area (Å²) < 4.78 is 11.5. The fraction of sp³-hybridized carbons (Fsp3) is 1.00. The third-order valence-corrected chi connectivity index (χ3v) is 4.90. The first-order chi connectivity index (χ1) is 9.93. The first-order valence-electron chi connectivity index (χ1n) is 8.77. The lowest BCUT2D eigenvalue weighted by molar-refractivity contribution is -0.0878. The Labute approximate surface area is 132 Å². The van der Waals surface area contributed by atoms with Crippen LogP contribution in [0, 0.1) is 11.3 Å². The summed E-state index contributed by atoms with van der Waals surface area (Å²) in [6.07, 6.45) is 7.15. The molecule has 0 heterocycles. The van der Waals surface area contributed by atoms with Gasteiger partial charge in [0.05, 0.1) is 5.60 Å². The molecule has 1 aliphatic rings. The molecule has 0 unspecified atom stereocenters. The molecule has 3 heteroatoms. The van der Waals surface area contributed by atoms with Gasteiger partial charge in [-0.2, -0.15) is 0 Å². The molecule has 0 amide bonds. The minimum absolute atomic E-state index is 0.0602. The maximum absolute atomic E-state index is 6.34. The van der Waals surface area contributed by atoms with E-state index in [9.17, 15) is 0 Å². The van der Waals surface area contributed by atoms with Gasteiger partial charge in [-0.05, 0) is 56.4 Å². The van der Waals surface area contributed by atoms with Crippen LogP contribution in [0.3, 0.4) is 0 Å². The highest BCUT2D eigenvalue weighted by molar-refractivity contribution is 4.92. The van der Waals surface area contributed by atoms with Crippen LogP contribution in [-0.2, 0) is 9.47 Å². The molecule has 0 bridgehead atoms. The van der Waals surface area contributed by atoms with E-state index < -0.39 is 0 Å². The normalized spacial score (nSPS) is 27.0. The lowest BCUT2D eigenvalue weighted by Crippen LogP contribution is -2.47. The van der Waals surface area contributed by atoms with E-state index in [1.165, 1.54) is 32.1 Å². The predicted octanol–water partition coefficient (Wildman–Crippen LogP) is 4.01. The first-order valence-corrected chi connectivity index (χ1v) is 8.77. The van der Waals surface area contributed by atoms with Gasteiger partial charge in [-0.15, -0.1) is 0 Å². The van der Waals surface area contributed by atoms with Crippen LogP contribution in [0.2, 0.25) is 0 Å². The van der Waals surface area contributed by atoms with Crippen molar-refractivity contribution in [3.63, 3.8) is 0 Å². The second-order valence-electron chi connectivity index (χ2n) is 7.69. The van der Waals surface area contributed by atoms with E-state index in [1.807, 2.05) is 0 Å². The number of rotatable bonds is 9. The van der Waals surface area contributed by atoms with Crippen molar-refractivity contribution in [1.29, 1.82) is 0 Å². The molecular weight excluding hydrogens is 262 g/mol. The summed E-state index contributed by atoms with van der Waals surface area (Å²) in [5, 5.41) is 3.58. The van der Waals surface area contributed by atoms with Crippen molar-refractivity contribution in [2.75, 3.05) is 33.4 Å². The van der Waals surface area contributed by atoms with E-state index in [2.05, 4.69) is 33.0 Å². The van der Waals surface area contributed by atoms with Crippen molar-refractivity contribution < 1.29 is 9.47 Å². The van der Waals surface area contributed by atoms with Crippen LogP contribution >= 0.6 is 0 Å². The Bertz CT molecular complexity index is 265. The summed E-state index contributed by atoms with van der Waals surface area (Å²) in [6, 6.07) is 0. The van der Waals surface area contributed by atoms with Crippen LogP contribution in [-0.4, -0.2) is 39.0 Å². The van der Waals surface area contributed by atoms with Gasteiger partial charge in [0.25, 0.3) is 0 Å². The molecule has 1 fully saturated rings. The Morgan fingerprint density at radius 1 is 1.14 bits per heavy atom. The Balaban J connectivity index is 2.50. The smallest absolute Gasteiger partial charge is 0.0806 e. The van der Waals surface area contributed by atoms with Gasteiger partial charge in [0, 0.05) is 26.9 Å². The topological polar surface area (TPSA) is 30.5 Å². The van der Waals surface area contributed by atoms with E-state index in [1.54, 1.807) is 7.11 Å². The van der Waals surface area contributed by atoms with Crippen LogP contribution in [0.4, 0.5) is 0 Å². The fourth-order valence-electron chi connectivity index (χ4n) is 3.37. The van der Waals surface area contributed by atoms with Crippen LogP contribution in [0.5, 0.6) is 0 Å². The molecular formula is C18H37NO2. The maximum Gasteiger partial charge on any atom is 0.0806 e. The second kappa shape index (κ2) is 9.12. The van der Waals surface area contributed by atoms with Crippen molar-refractivity contribution in [1.82, 2.24) is 5.32 Å². The van der Waals surface area contributed by atoms with Gasteiger partial charge in [-0.3, -0.25) is 0 Å². The van der Waals surface area contributed by atoms with Crippen molar-refractivity contribution in [2.24, 2.45) is 11.3 Å². The molecule has 0 aromatic carbocycles. The Morgan fingerprint density at radius 3 is 2.33 bits per heavy atom. The number of nitrogens with one attached hydrogen (secondary N) is 1. The summed E-state index contributed by atoms with van der Waals surface area (Å²) in [4.78, 5) is 0. The number of hydrogen-bond donors (Lipinski definition) is 1. The van der Waals surface area contributed by atoms with Crippen molar-refractivity contribution in [3.8, 4) is 0 Å². The van der Waals surface area contributed by atoms with E-state index in [-0.39, 0.29) is 5.60 Å². The van der Waals surface area contributed by atoms with E-state index in [0.29, 0.717) is 5.41 Å². The highest BCUT2D eigenvalue weighted by Gasteiger charge is 2.39. The molecule has 0 atom stereocenters. The van der Waals surface area contributed by atoms with Gasteiger partial charge >= 0.3 is 0 Å². The van der Waals surface area contributed by atoms with E-state index >= 15 is 0 Å². The Kier molecular flexibility index (Phi) is 8.22. The largest absolute Gasteiger partial charge is 0.385 e. The van der Waals surface area contributed by atoms with Crippen molar-refractivity contribution in [3.05, 3.63) is 0 Å². The molecule has 1 rings (SSSR count). The average molecular weight is 299 g/mol. The highest BCUT2D eigenvalue weighted by atomic mass is 16.5. The molecule has 0 aromatic heterocycles. The summed E-state index contributed by atoms with van der Waals surface area (Å²) in [5.74, 6) is 0.833. The molecule has 0 saturated heterocycles. The second-order valence-corrected chi connectivity index (χ2v) is 7.69. The fourth-order valence-corrected chi connectivity index (χ4v) is 3.37. The van der Waals surface area contributed by atoms with Gasteiger partial charge in [-0.1, -0.05) is 27.7 Å². The van der Waals surface area contributed by atoms with Gasteiger partial charge in [0.1, 0.15) is 0 Å². The number of methoxy groups -OCH3 is 1. The third-order valence-electron chi connectivity index (χ3n) is 4.90. The Morgan fingerprint density at radius 2 is 1.81 bits per heavy atom. The third kappa shape index (κ3) is 6.66. The van der Waals surface area contributed by atoms with Crippen LogP contribution in [0.15, 0.2) is 0 Å². The average Bonchev–Trinajstić information content (AvgIpc) is 2.44. The molecule has 0 aromatic rings. The Hall–Kier alpha value is -0.120. The quantitative estimate of drug-likeness (QED) is 0.652. The summed E-state index contributed by atoms with van der Waals surface area (Å²) in [6.45, 7) is 13.1. The van der Waals surface area contributed by atoms with Crippen LogP contribution in [0.25, 0.3) is 0 Å². The van der Waals surface area contributed by atoms with Crippen molar-refractivity contribution in [2.45, 2.75) is 71.8 Å².